The standard InChI is InChI=1S/C11H14N4O.2ClH/c12-6-8-3-5-15(7-8)11-14-10-9(16-11)2-1-4-13-10;;/h1-2,4,8H,3,5-7,12H2;2*1H. The van der Waals surface area contributed by atoms with Gasteiger partial charge in [-0.2, -0.15) is 4.98 Å². The van der Waals surface area contributed by atoms with Crippen molar-refractivity contribution in [3.8, 4) is 0 Å². The van der Waals surface area contributed by atoms with Gasteiger partial charge in [0.2, 0.25) is 5.65 Å². The Balaban J connectivity index is 0.000000810. The van der Waals surface area contributed by atoms with Gasteiger partial charge in [0.25, 0.3) is 6.01 Å². The molecule has 1 aliphatic rings. The molecule has 0 bridgehead atoms. The van der Waals surface area contributed by atoms with E-state index in [2.05, 4.69) is 14.9 Å². The summed E-state index contributed by atoms with van der Waals surface area (Å²) >= 11 is 0. The highest BCUT2D eigenvalue weighted by Gasteiger charge is 2.24. The van der Waals surface area contributed by atoms with Gasteiger partial charge in [0, 0.05) is 19.3 Å². The average Bonchev–Trinajstić information content (AvgIpc) is 2.95. The van der Waals surface area contributed by atoms with Gasteiger partial charge in [-0.3, -0.25) is 0 Å². The monoisotopic (exact) mass is 290 g/mol. The number of aromatic nitrogens is 2. The average molecular weight is 291 g/mol. The summed E-state index contributed by atoms with van der Waals surface area (Å²) in [6.07, 6.45) is 2.84. The Morgan fingerprint density at radius 3 is 2.94 bits per heavy atom. The third-order valence-corrected chi connectivity index (χ3v) is 3.04. The summed E-state index contributed by atoms with van der Waals surface area (Å²) < 4.78 is 5.66. The molecule has 0 aliphatic carbocycles. The Kier molecular flexibility index (Phi) is 5.19. The van der Waals surface area contributed by atoms with Crippen molar-refractivity contribution >= 4 is 42.1 Å². The SMILES string of the molecule is Cl.Cl.NCC1CCN(c2nc3ncccc3o2)C1. The summed E-state index contributed by atoms with van der Waals surface area (Å²) in [6, 6.07) is 4.41. The fourth-order valence-electron chi connectivity index (χ4n) is 2.09. The van der Waals surface area contributed by atoms with E-state index in [1.54, 1.807) is 6.20 Å². The first-order valence-electron chi connectivity index (χ1n) is 5.53. The summed E-state index contributed by atoms with van der Waals surface area (Å²) in [6.45, 7) is 2.63. The molecule has 0 spiro atoms. The van der Waals surface area contributed by atoms with Gasteiger partial charge in [0.1, 0.15) is 0 Å². The predicted octanol–water partition coefficient (Wildman–Crippen LogP) is 1.85. The number of anilines is 1. The quantitative estimate of drug-likeness (QED) is 0.914. The van der Waals surface area contributed by atoms with E-state index in [1.165, 1.54) is 0 Å². The molecule has 0 saturated carbocycles. The lowest BCUT2D eigenvalue weighted by atomic mass is 10.1. The molecule has 0 radical (unpaired) electrons. The van der Waals surface area contributed by atoms with Crippen molar-refractivity contribution in [1.82, 2.24) is 9.97 Å². The number of nitrogens with zero attached hydrogens (tertiary/aromatic N) is 3. The van der Waals surface area contributed by atoms with Crippen molar-refractivity contribution in [2.75, 3.05) is 24.5 Å². The molecule has 1 fully saturated rings. The lowest BCUT2D eigenvalue weighted by Gasteiger charge is -2.12. The molecule has 5 nitrogen and oxygen atoms in total. The maximum atomic E-state index is 5.66. The third kappa shape index (κ3) is 2.68. The second-order valence-corrected chi connectivity index (χ2v) is 4.16. The summed E-state index contributed by atoms with van der Waals surface area (Å²) in [5.41, 5.74) is 7.08. The van der Waals surface area contributed by atoms with Crippen LogP contribution in [-0.2, 0) is 0 Å². The van der Waals surface area contributed by atoms with Crippen LogP contribution in [0, 0.1) is 5.92 Å². The molecule has 18 heavy (non-hydrogen) atoms. The van der Waals surface area contributed by atoms with Crippen LogP contribution < -0.4 is 10.6 Å². The number of fused-ring (bicyclic) bond motifs is 1. The van der Waals surface area contributed by atoms with Gasteiger partial charge in [-0.15, -0.1) is 24.8 Å². The zero-order valence-electron chi connectivity index (χ0n) is 9.78. The van der Waals surface area contributed by atoms with Gasteiger partial charge in [-0.1, -0.05) is 0 Å². The molecule has 3 rings (SSSR count). The van der Waals surface area contributed by atoms with Crippen LogP contribution in [0.15, 0.2) is 22.7 Å². The van der Waals surface area contributed by atoms with Crippen LogP contribution in [-0.4, -0.2) is 29.6 Å². The molecule has 2 aromatic rings. The van der Waals surface area contributed by atoms with E-state index in [0.29, 0.717) is 17.6 Å². The molecule has 1 aliphatic heterocycles. The van der Waals surface area contributed by atoms with E-state index in [4.69, 9.17) is 10.2 Å². The van der Waals surface area contributed by atoms with Gasteiger partial charge in [-0.25, -0.2) is 4.98 Å². The Bertz CT molecular complexity index is 472. The number of pyridine rings is 1. The van der Waals surface area contributed by atoms with Crippen molar-refractivity contribution in [3.05, 3.63) is 18.3 Å². The Labute approximate surface area is 118 Å². The molecule has 3 heterocycles. The van der Waals surface area contributed by atoms with Crippen LogP contribution in [0.1, 0.15) is 6.42 Å². The fourth-order valence-corrected chi connectivity index (χ4v) is 2.09. The van der Waals surface area contributed by atoms with E-state index >= 15 is 0 Å². The first kappa shape index (κ1) is 15.0. The van der Waals surface area contributed by atoms with Crippen molar-refractivity contribution < 1.29 is 4.42 Å². The lowest BCUT2D eigenvalue weighted by molar-refractivity contribution is 0.569. The van der Waals surface area contributed by atoms with E-state index in [9.17, 15) is 0 Å². The molecule has 0 amide bonds. The highest BCUT2D eigenvalue weighted by Crippen LogP contribution is 2.25. The minimum Gasteiger partial charge on any atom is -0.422 e. The topological polar surface area (TPSA) is 68.2 Å². The van der Waals surface area contributed by atoms with E-state index in [0.717, 1.165) is 31.6 Å². The van der Waals surface area contributed by atoms with Gasteiger partial charge < -0.3 is 15.1 Å². The lowest BCUT2D eigenvalue weighted by Crippen LogP contribution is -2.22. The van der Waals surface area contributed by atoms with Crippen LogP contribution >= 0.6 is 24.8 Å². The van der Waals surface area contributed by atoms with E-state index in [-0.39, 0.29) is 24.8 Å². The molecule has 100 valence electrons. The largest absolute Gasteiger partial charge is 0.422 e. The normalized spacial score (nSPS) is 18.5. The molecule has 2 aromatic heterocycles. The van der Waals surface area contributed by atoms with Crippen LogP contribution in [0.4, 0.5) is 6.01 Å². The number of nitrogens with two attached hydrogens (primary N) is 1. The smallest absolute Gasteiger partial charge is 0.299 e. The highest BCUT2D eigenvalue weighted by molar-refractivity contribution is 5.85. The molecule has 2 N–H and O–H groups in total. The molecule has 1 saturated heterocycles. The third-order valence-electron chi connectivity index (χ3n) is 3.04. The minimum atomic E-state index is 0. The second-order valence-electron chi connectivity index (χ2n) is 4.16. The second kappa shape index (κ2) is 6.22. The summed E-state index contributed by atoms with van der Waals surface area (Å²) in [5, 5.41) is 0. The number of rotatable bonds is 2. The Morgan fingerprint density at radius 1 is 1.44 bits per heavy atom. The number of hydrogen-bond acceptors (Lipinski definition) is 5. The molecule has 7 heteroatoms. The van der Waals surface area contributed by atoms with Crippen molar-refractivity contribution in [3.63, 3.8) is 0 Å². The summed E-state index contributed by atoms with van der Waals surface area (Å²) in [5.74, 6) is 0.558. The molecule has 1 atom stereocenters. The number of halogens is 2. The molecular formula is C11H16Cl2N4O. The van der Waals surface area contributed by atoms with Gasteiger partial charge in [0.15, 0.2) is 5.58 Å². The predicted molar refractivity (Wildman–Crippen MR) is 75.7 cm³/mol. The molecular weight excluding hydrogens is 275 g/mol. The number of oxazole rings is 1. The Morgan fingerprint density at radius 2 is 2.28 bits per heavy atom. The van der Waals surface area contributed by atoms with Crippen molar-refractivity contribution in [2.24, 2.45) is 11.7 Å². The van der Waals surface area contributed by atoms with E-state index in [1.807, 2.05) is 12.1 Å². The maximum Gasteiger partial charge on any atom is 0.299 e. The fraction of sp³-hybridized carbons (Fsp3) is 0.455. The van der Waals surface area contributed by atoms with Gasteiger partial charge >= 0.3 is 0 Å². The highest BCUT2D eigenvalue weighted by atomic mass is 35.5. The molecule has 1 unspecified atom stereocenters. The zero-order chi connectivity index (χ0) is 11.0. The van der Waals surface area contributed by atoms with Gasteiger partial charge in [0.05, 0.1) is 0 Å². The van der Waals surface area contributed by atoms with Gasteiger partial charge in [-0.05, 0) is 31.0 Å². The zero-order valence-corrected chi connectivity index (χ0v) is 11.4. The summed E-state index contributed by atoms with van der Waals surface area (Å²) in [4.78, 5) is 10.7. The van der Waals surface area contributed by atoms with E-state index < -0.39 is 0 Å². The number of hydrogen-bond donors (Lipinski definition) is 1. The molecule has 0 aromatic carbocycles. The first-order valence-corrected chi connectivity index (χ1v) is 5.53. The van der Waals surface area contributed by atoms with Crippen LogP contribution in [0.2, 0.25) is 0 Å². The first-order chi connectivity index (χ1) is 7.86. The van der Waals surface area contributed by atoms with Crippen LogP contribution in [0.3, 0.4) is 0 Å². The Hall–Kier alpha value is -1.04. The van der Waals surface area contributed by atoms with Crippen LogP contribution in [0.5, 0.6) is 0 Å². The van der Waals surface area contributed by atoms with Crippen molar-refractivity contribution in [2.45, 2.75) is 6.42 Å². The maximum absolute atomic E-state index is 5.66. The van der Waals surface area contributed by atoms with Crippen molar-refractivity contribution in [1.29, 1.82) is 0 Å². The minimum absolute atomic E-state index is 0. The van der Waals surface area contributed by atoms with Crippen LogP contribution in [0.25, 0.3) is 11.2 Å². The summed E-state index contributed by atoms with van der Waals surface area (Å²) in [7, 11) is 0.